The monoisotopic (exact) mass is 486 g/mol. The van der Waals surface area contributed by atoms with Crippen molar-refractivity contribution >= 4 is 55.8 Å². The Morgan fingerprint density at radius 1 is 1.21 bits per heavy atom. The topological polar surface area (TPSA) is 33.2 Å². The van der Waals surface area contributed by atoms with Crippen LogP contribution < -0.4 is 4.90 Å². The fourth-order valence-electron chi connectivity index (χ4n) is 2.40. The first-order valence-corrected chi connectivity index (χ1v) is 10.7. The van der Waals surface area contributed by atoms with Gasteiger partial charge in [0.1, 0.15) is 0 Å². The van der Waals surface area contributed by atoms with E-state index in [9.17, 15) is 18.0 Å². The lowest BCUT2D eigenvalue weighted by Gasteiger charge is -2.19. The van der Waals surface area contributed by atoms with Gasteiger partial charge in [0.15, 0.2) is 5.13 Å². The summed E-state index contributed by atoms with van der Waals surface area (Å²) in [6.07, 6.45) is -4.48. The van der Waals surface area contributed by atoms with E-state index in [2.05, 4.69) is 20.9 Å². The van der Waals surface area contributed by atoms with Crippen LogP contribution in [0.15, 0.2) is 63.3 Å². The van der Waals surface area contributed by atoms with Crippen LogP contribution in [-0.2, 0) is 16.7 Å². The number of benzene rings is 2. The minimum Gasteiger partial charge on any atom is -0.274 e. The molecule has 0 spiro atoms. The van der Waals surface area contributed by atoms with Gasteiger partial charge in [-0.25, -0.2) is 4.98 Å². The average Bonchev–Trinajstić information content (AvgIpc) is 3.09. The largest absolute Gasteiger partial charge is 0.416 e. The quantitative estimate of drug-likeness (QED) is 0.367. The molecule has 0 bridgehead atoms. The number of hydrogen-bond donors (Lipinski definition) is 0. The highest BCUT2D eigenvalue weighted by molar-refractivity contribution is 9.10. The van der Waals surface area contributed by atoms with Crippen molar-refractivity contribution in [2.45, 2.75) is 23.7 Å². The number of carbonyl (C=O) groups is 1. The molecule has 0 aliphatic rings. The van der Waals surface area contributed by atoms with E-state index in [1.54, 1.807) is 11.8 Å². The lowest BCUT2D eigenvalue weighted by molar-refractivity contribution is -0.137. The molecule has 0 fully saturated rings. The Morgan fingerprint density at radius 3 is 2.57 bits per heavy atom. The first-order chi connectivity index (χ1) is 13.2. The van der Waals surface area contributed by atoms with E-state index in [4.69, 9.17) is 0 Å². The summed E-state index contributed by atoms with van der Waals surface area (Å²) >= 11 is 6.20. The highest BCUT2D eigenvalue weighted by Crippen LogP contribution is 2.35. The second kappa shape index (κ2) is 8.67. The standard InChI is InChI=1S/C19H14BrF3N2OS2/c1-12(26)25(16-4-2-3-13(9-16)19(21,22)23)18-24-15(11-28-18)10-27-17-7-5-14(20)6-8-17/h2-9,11H,10H2,1H3. The van der Waals surface area contributed by atoms with Gasteiger partial charge in [0.2, 0.25) is 5.91 Å². The van der Waals surface area contributed by atoms with Crippen LogP contribution in [0.2, 0.25) is 0 Å². The van der Waals surface area contributed by atoms with Gasteiger partial charge < -0.3 is 0 Å². The molecule has 1 aromatic heterocycles. The molecule has 0 N–H and O–H groups in total. The second-order valence-corrected chi connectivity index (χ2v) is 8.57. The van der Waals surface area contributed by atoms with Crippen LogP contribution >= 0.6 is 39.0 Å². The average molecular weight is 487 g/mol. The first-order valence-electron chi connectivity index (χ1n) is 8.05. The summed E-state index contributed by atoms with van der Waals surface area (Å²) in [6.45, 7) is 1.30. The number of aromatic nitrogens is 1. The number of anilines is 2. The van der Waals surface area contributed by atoms with Crippen LogP contribution in [0.5, 0.6) is 0 Å². The van der Waals surface area contributed by atoms with Crippen LogP contribution in [0, 0.1) is 0 Å². The number of thioether (sulfide) groups is 1. The van der Waals surface area contributed by atoms with Crippen molar-refractivity contribution in [3.05, 3.63) is 69.6 Å². The van der Waals surface area contributed by atoms with E-state index in [0.717, 1.165) is 27.2 Å². The van der Waals surface area contributed by atoms with Crippen LogP contribution in [0.1, 0.15) is 18.2 Å². The normalized spacial score (nSPS) is 11.5. The number of thiazole rings is 1. The fraction of sp³-hybridized carbons (Fsp3) is 0.158. The number of alkyl halides is 3. The van der Waals surface area contributed by atoms with Crippen molar-refractivity contribution in [1.82, 2.24) is 4.98 Å². The number of nitrogens with zero attached hydrogens (tertiary/aromatic N) is 2. The highest BCUT2D eigenvalue weighted by Gasteiger charge is 2.31. The van der Waals surface area contributed by atoms with Crippen molar-refractivity contribution in [1.29, 1.82) is 0 Å². The number of halogens is 4. The lowest BCUT2D eigenvalue weighted by atomic mass is 10.2. The Hall–Kier alpha value is -1.84. The Morgan fingerprint density at radius 2 is 1.93 bits per heavy atom. The molecule has 0 saturated carbocycles. The van der Waals surface area contributed by atoms with Crippen molar-refractivity contribution in [3.63, 3.8) is 0 Å². The summed E-state index contributed by atoms with van der Waals surface area (Å²) in [7, 11) is 0. The molecule has 146 valence electrons. The zero-order valence-corrected chi connectivity index (χ0v) is 17.8. The van der Waals surface area contributed by atoms with Crippen LogP contribution in [-0.4, -0.2) is 10.9 Å². The maximum atomic E-state index is 13.0. The molecule has 0 saturated heterocycles. The van der Waals surface area contributed by atoms with E-state index in [1.807, 2.05) is 29.6 Å². The Kier molecular flexibility index (Phi) is 6.47. The summed E-state index contributed by atoms with van der Waals surface area (Å²) in [6, 6.07) is 12.5. The predicted molar refractivity (Wildman–Crippen MR) is 110 cm³/mol. The van der Waals surface area contributed by atoms with Crippen LogP contribution in [0.3, 0.4) is 0 Å². The van der Waals surface area contributed by atoms with Crippen molar-refractivity contribution in [2.24, 2.45) is 0 Å². The number of rotatable bonds is 5. The smallest absolute Gasteiger partial charge is 0.274 e. The maximum Gasteiger partial charge on any atom is 0.416 e. The van der Waals surface area contributed by atoms with E-state index in [0.29, 0.717) is 10.9 Å². The summed E-state index contributed by atoms with van der Waals surface area (Å²) in [5.74, 6) is 0.188. The van der Waals surface area contributed by atoms with Gasteiger partial charge in [0, 0.05) is 27.4 Å². The zero-order valence-electron chi connectivity index (χ0n) is 14.5. The van der Waals surface area contributed by atoms with Gasteiger partial charge in [0.25, 0.3) is 0 Å². The van der Waals surface area contributed by atoms with E-state index in [-0.39, 0.29) is 5.69 Å². The predicted octanol–water partition coefficient (Wildman–Crippen LogP) is 6.90. The molecule has 1 amide bonds. The molecule has 0 aliphatic carbocycles. The van der Waals surface area contributed by atoms with Gasteiger partial charge in [-0.2, -0.15) is 13.2 Å². The third-order valence-corrected chi connectivity index (χ3v) is 6.13. The van der Waals surface area contributed by atoms with Crippen LogP contribution in [0.25, 0.3) is 0 Å². The van der Waals surface area contributed by atoms with Gasteiger partial charge in [-0.05, 0) is 42.5 Å². The van der Waals surface area contributed by atoms with Gasteiger partial charge in [0.05, 0.1) is 16.9 Å². The van der Waals surface area contributed by atoms with Gasteiger partial charge in [-0.1, -0.05) is 22.0 Å². The summed E-state index contributed by atoms with van der Waals surface area (Å²) in [4.78, 5) is 18.8. The van der Waals surface area contributed by atoms with E-state index in [1.165, 1.54) is 35.3 Å². The molecular weight excluding hydrogens is 473 g/mol. The molecule has 3 aromatic rings. The van der Waals surface area contributed by atoms with E-state index >= 15 is 0 Å². The number of carbonyl (C=O) groups excluding carboxylic acids is 1. The second-order valence-electron chi connectivity index (χ2n) is 5.77. The molecule has 0 atom stereocenters. The summed E-state index contributed by atoms with van der Waals surface area (Å²) < 4.78 is 40.0. The Balaban J connectivity index is 1.80. The van der Waals surface area contributed by atoms with Crippen molar-refractivity contribution < 1.29 is 18.0 Å². The molecule has 2 aromatic carbocycles. The molecule has 0 radical (unpaired) electrons. The lowest BCUT2D eigenvalue weighted by Crippen LogP contribution is -2.23. The summed E-state index contributed by atoms with van der Waals surface area (Å²) in [5, 5.41) is 2.16. The zero-order chi connectivity index (χ0) is 20.3. The summed E-state index contributed by atoms with van der Waals surface area (Å²) in [5.41, 5.74) is 0.0914. The SMILES string of the molecule is CC(=O)N(c1cccc(C(F)(F)F)c1)c1nc(CSc2ccc(Br)cc2)cs1. The maximum absolute atomic E-state index is 13.0. The number of hydrogen-bond acceptors (Lipinski definition) is 4. The minimum absolute atomic E-state index is 0.142. The van der Waals surface area contributed by atoms with Gasteiger partial charge in [-0.15, -0.1) is 23.1 Å². The first kappa shape index (κ1) is 20.9. The highest BCUT2D eigenvalue weighted by atomic mass is 79.9. The molecule has 3 nitrogen and oxygen atoms in total. The molecular formula is C19H14BrF3N2OS2. The molecule has 28 heavy (non-hydrogen) atoms. The third kappa shape index (κ3) is 5.15. The van der Waals surface area contributed by atoms with Crippen molar-refractivity contribution in [2.75, 3.05) is 4.90 Å². The molecule has 0 unspecified atom stereocenters. The Bertz CT molecular complexity index is 974. The van der Waals surface area contributed by atoms with Crippen LogP contribution in [0.4, 0.5) is 24.0 Å². The fourth-order valence-corrected chi connectivity index (χ4v) is 4.45. The number of amides is 1. The Labute approximate surface area is 176 Å². The molecule has 3 rings (SSSR count). The molecule has 1 heterocycles. The minimum atomic E-state index is -4.48. The van der Waals surface area contributed by atoms with Gasteiger partial charge >= 0.3 is 6.18 Å². The van der Waals surface area contributed by atoms with Gasteiger partial charge in [-0.3, -0.25) is 9.69 Å². The third-order valence-electron chi connectivity index (χ3n) is 3.68. The molecule has 9 heteroatoms. The molecule has 0 aliphatic heterocycles. The van der Waals surface area contributed by atoms with Crippen molar-refractivity contribution in [3.8, 4) is 0 Å². The van der Waals surface area contributed by atoms with E-state index < -0.39 is 17.6 Å².